The average molecular weight is 162 g/mol. The van der Waals surface area contributed by atoms with Gasteiger partial charge in [-0.15, -0.1) is 0 Å². The minimum absolute atomic E-state index is 0.284. The number of nitrogens with zero attached hydrogens (tertiary/aromatic N) is 2. The topological polar surface area (TPSA) is 55.1 Å². The highest BCUT2D eigenvalue weighted by atomic mass is 16.6. The molecule has 4 nitrogen and oxygen atoms in total. The third-order valence-corrected chi connectivity index (χ3v) is 1.56. The quantitative estimate of drug-likeness (QED) is 0.564. The van der Waals surface area contributed by atoms with Crippen LogP contribution in [0.2, 0.25) is 0 Å². The molecule has 0 radical (unpaired) electrons. The largest absolute Gasteiger partial charge is 0.486 e. The van der Waals surface area contributed by atoms with Gasteiger partial charge < -0.3 is 9.47 Å². The Bertz CT molecular complexity index is 343. The molecular weight excluding hydrogens is 156 g/mol. The Morgan fingerprint density at radius 3 is 3.08 bits per heavy atom. The van der Waals surface area contributed by atoms with Gasteiger partial charge >= 0.3 is 0 Å². The maximum Gasteiger partial charge on any atom is 0.198 e. The van der Waals surface area contributed by atoms with Crippen molar-refractivity contribution in [2.45, 2.75) is 0 Å². The molecule has 0 spiro atoms. The standard InChI is InChI=1S/C8H6N2O2/c9-5-6-8-7(1-2-10-6)11-3-4-12-8/h1-2H,3-4H2. The SMILES string of the molecule is N#Cc1nccc2c1OCCO2. The van der Waals surface area contributed by atoms with E-state index in [4.69, 9.17) is 14.7 Å². The molecule has 2 rings (SSSR count). The second kappa shape index (κ2) is 2.70. The number of fused-ring (bicyclic) bond motifs is 1. The van der Waals surface area contributed by atoms with E-state index in [1.807, 2.05) is 6.07 Å². The molecule has 0 unspecified atom stereocenters. The van der Waals surface area contributed by atoms with E-state index in [1.54, 1.807) is 6.07 Å². The van der Waals surface area contributed by atoms with E-state index in [2.05, 4.69) is 4.98 Å². The number of pyridine rings is 1. The van der Waals surface area contributed by atoms with E-state index in [-0.39, 0.29) is 5.69 Å². The molecular formula is C8H6N2O2. The molecule has 1 aromatic heterocycles. The molecule has 12 heavy (non-hydrogen) atoms. The first-order chi connectivity index (χ1) is 5.92. The number of rotatable bonds is 0. The molecule has 0 fully saturated rings. The number of hydrogen-bond donors (Lipinski definition) is 0. The van der Waals surface area contributed by atoms with Crippen molar-refractivity contribution >= 4 is 0 Å². The molecule has 0 aromatic carbocycles. The van der Waals surface area contributed by atoms with Gasteiger partial charge in [0.05, 0.1) is 0 Å². The molecule has 0 saturated heterocycles. The van der Waals surface area contributed by atoms with E-state index < -0.39 is 0 Å². The normalized spacial score (nSPS) is 13.6. The summed E-state index contributed by atoms with van der Waals surface area (Å²) in [6.07, 6.45) is 1.53. The lowest BCUT2D eigenvalue weighted by atomic mass is 10.3. The lowest BCUT2D eigenvalue weighted by molar-refractivity contribution is 0.170. The Balaban J connectivity index is 2.53. The second-order valence-corrected chi connectivity index (χ2v) is 2.30. The van der Waals surface area contributed by atoms with Crippen molar-refractivity contribution in [3.8, 4) is 17.6 Å². The van der Waals surface area contributed by atoms with Crippen LogP contribution in [0.5, 0.6) is 11.5 Å². The summed E-state index contributed by atoms with van der Waals surface area (Å²) in [6, 6.07) is 3.63. The Morgan fingerprint density at radius 1 is 1.42 bits per heavy atom. The Hall–Kier alpha value is -1.76. The summed E-state index contributed by atoms with van der Waals surface area (Å²) in [5.74, 6) is 1.07. The van der Waals surface area contributed by atoms with Crippen LogP contribution in [0.4, 0.5) is 0 Å². The van der Waals surface area contributed by atoms with Gasteiger partial charge in [0, 0.05) is 12.3 Å². The van der Waals surface area contributed by atoms with Crippen LogP contribution < -0.4 is 9.47 Å². The van der Waals surface area contributed by atoms with Crippen LogP contribution in [-0.4, -0.2) is 18.2 Å². The van der Waals surface area contributed by atoms with Gasteiger partial charge in [-0.2, -0.15) is 5.26 Å². The Labute approximate surface area is 69.4 Å². The predicted molar refractivity (Wildman–Crippen MR) is 39.9 cm³/mol. The van der Waals surface area contributed by atoms with Crippen molar-refractivity contribution in [3.05, 3.63) is 18.0 Å². The predicted octanol–water partition coefficient (Wildman–Crippen LogP) is 0.724. The van der Waals surface area contributed by atoms with Crippen LogP contribution in [0.3, 0.4) is 0 Å². The summed E-state index contributed by atoms with van der Waals surface area (Å²) < 4.78 is 10.5. The molecule has 1 aliphatic heterocycles. The minimum Gasteiger partial charge on any atom is -0.486 e. The molecule has 0 saturated carbocycles. The van der Waals surface area contributed by atoms with Gasteiger partial charge in [0.15, 0.2) is 17.2 Å². The Morgan fingerprint density at radius 2 is 2.25 bits per heavy atom. The van der Waals surface area contributed by atoms with Gasteiger partial charge in [0.1, 0.15) is 19.3 Å². The van der Waals surface area contributed by atoms with Crippen LogP contribution in [0.25, 0.3) is 0 Å². The van der Waals surface area contributed by atoms with Crippen molar-refractivity contribution in [3.63, 3.8) is 0 Å². The fourth-order valence-corrected chi connectivity index (χ4v) is 1.06. The summed E-state index contributed by atoms with van der Waals surface area (Å²) in [6.45, 7) is 1.01. The van der Waals surface area contributed by atoms with Crippen LogP contribution in [0, 0.1) is 11.3 Å². The van der Waals surface area contributed by atoms with Gasteiger partial charge in [-0.3, -0.25) is 0 Å². The van der Waals surface area contributed by atoms with Crippen LogP contribution in [0.15, 0.2) is 12.3 Å². The molecule has 0 amide bonds. The lowest BCUT2D eigenvalue weighted by Crippen LogP contribution is -2.16. The summed E-state index contributed by atoms with van der Waals surface area (Å²) in [4.78, 5) is 3.84. The van der Waals surface area contributed by atoms with E-state index in [0.717, 1.165) is 0 Å². The first-order valence-electron chi connectivity index (χ1n) is 3.56. The third-order valence-electron chi connectivity index (χ3n) is 1.56. The van der Waals surface area contributed by atoms with Crippen molar-refractivity contribution in [2.75, 3.05) is 13.2 Å². The first-order valence-corrected chi connectivity index (χ1v) is 3.56. The Kier molecular flexibility index (Phi) is 1.56. The molecule has 2 heterocycles. The maximum absolute atomic E-state index is 8.65. The number of hydrogen-bond acceptors (Lipinski definition) is 4. The zero-order chi connectivity index (χ0) is 8.39. The van der Waals surface area contributed by atoms with Gasteiger partial charge in [-0.05, 0) is 0 Å². The molecule has 0 bridgehead atoms. The van der Waals surface area contributed by atoms with E-state index in [9.17, 15) is 0 Å². The average Bonchev–Trinajstić information content (AvgIpc) is 2.17. The van der Waals surface area contributed by atoms with E-state index in [0.29, 0.717) is 24.7 Å². The maximum atomic E-state index is 8.65. The highest BCUT2D eigenvalue weighted by Crippen LogP contribution is 2.31. The van der Waals surface area contributed by atoms with Gasteiger partial charge in [0.25, 0.3) is 0 Å². The van der Waals surface area contributed by atoms with Crippen molar-refractivity contribution < 1.29 is 9.47 Å². The number of aromatic nitrogens is 1. The highest BCUT2D eigenvalue weighted by molar-refractivity contribution is 5.48. The fourth-order valence-electron chi connectivity index (χ4n) is 1.06. The van der Waals surface area contributed by atoms with Gasteiger partial charge in [0.2, 0.25) is 0 Å². The van der Waals surface area contributed by atoms with Crippen molar-refractivity contribution in [1.29, 1.82) is 5.26 Å². The molecule has 60 valence electrons. The number of nitriles is 1. The monoisotopic (exact) mass is 162 g/mol. The van der Waals surface area contributed by atoms with Crippen LogP contribution >= 0.6 is 0 Å². The summed E-state index contributed by atoms with van der Waals surface area (Å²) in [5, 5.41) is 8.65. The zero-order valence-corrected chi connectivity index (χ0v) is 6.28. The molecule has 1 aromatic rings. The molecule has 1 aliphatic rings. The van der Waals surface area contributed by atoms with E-state index in [1.165, 1.54) is 6.20 Å². The molecule has 0 N–H and O–H groups in total. The molecule has 0 aliphatic carbocycles. The summed E-state index contributed by atoms with van der Waals surface area (Å²) in [5.41, 5.74) is 0.284. The van der Waals surface area contributed by atoms with Crippen molar-refractivity contribution in [1.82, 2.24) is 4.98 Å². The molecule has 4 heteroatoms. The smallest absolute Gasteiger partial charge is 0.198 e. The van der Waals surface area contributed by atoms with Gasteiger partial charge in [-0.1, -0.05) is 0 Å². The van der Waals surface area contributed by atoms with Crippen LogP contribution in [0.1, 0.15) is 5.69 Å². The molecule has 0 atom stereocenters. The summed E-state index contributed by atoms with van der Waals surface area (Å²) in [7, 11) is 0. The van der Waals surface area contributed by atoms with Crippen LogP contribution in [-0.2, 0) is 0 Å². The number of ether oxygens (including phenoxy) is 2. The lowest BCUT2D eigenvalue weighted by Gasteiger charge is -2.17. The minimum atomic E-state index is 0.284. The first kappa shape index (κ1) is 6.92. The highest BCUT2D eigenvalue weighted by Gasteiger charge is 2.15. The summed E-state index contributed by atoms with van der Waals surface area (Å²) >= 11 is 0. The third kappa shape index (κ3) is 0.957. The fraction of sp³-hybridized carbons (Fsp3) is 0.250. The zero-order valence-electron chi connectivity index (χ0n) is 6.28. The van der Waals surface area contributed by atoms with Gasteiger partial charge in [-0.25, -0.2) is 4.98 Å². The van der Waals surface area contributed by atoms with E-state index >= 15 is 0 Å². The second-order valence-electron chi connectivity index (χ2n) is 2.30. The van der Waals surface area contributed by atoms with Crippen molar-refractivity contribution in [2.24, 2.45) is 0 Å².